The summed E-state index contributed by atoms with van der Waals surface area (Å²) < 4.78 is 5.03. The van der Waals surface area contributed by atoms with E-state index in [0.717, 1.165) is 0 Å². The second-order valence-corrected chi connectivity index (χ2v) is 4.01. The van der Waals surface area contributed by atoms with Crippen LogP contribution in [0.2, 0.25) is 0 Å². The van der Waals surface area contributed by atoms with Gasteiger partial charge in [0.2, 0.25) is 0 Å². The number of hydrogen-bond donors (Lipinski definition) is 0. The number of benzene rings is 1. The quantitative estimate of drug-likeness (QED) is 0.472. The average Bonchev–Trinajstić information content (AvgIpc) is 2.42. The summed E-state index contributed by atoms with van der Waals surface area (Å²) in [7, 11) is 0. The monoisotopic (exact) mass is 256 g/mol. The maximum Gasteiger partial charge on any atom is 0.310 e. The lowest BCUT2D eigenvalue weighted by Crippen LogP contribution is -2.07. The minimum Gasteiger partial charge on any atom is -0.427 e. The first-order valence-corrected chi connectivity index (χ1v) is 5.89. The highest BCUT2D eigenvalue weighted by molar-refractivity contribution is 6.33. The fourth-order valence-corrected chi connectivity index (χ4v) is 1.64. The Labute approximate surface area is 110 Å². The van der Waals surface area contributed by atoms with Crippen molar-refractivity contribution in [1.29, 1.82) is 0 Å². The number of rotatable bonds is 3. The molecule has 1 aromatic rings. The van der Waals surface area contributed by atoms with Gasteiger partial charge in [0, 0.05) is 12.0 Å². The zero-order chi connectivity index (χ0) is 13.8. The smallest absolute Gasteiger partial charge is 0.310 e. The van der Waals surface area contributed by atoms with Crippen molar-refractivity contribution >= 4 is 23.1 Å². The summed E-state index contributed by atoms with van der Waals surface area (Å²) in [5, 5.41) is 0. The molecule has 0 atom stereocenters. The third-order valence-electron chi connectivity index (χ3n) is 2.64. The molecule has 0 bridgehead atoms. The minimum absolute atomic E-state index is 0.210. The molecule has 0 unspecified atom stereocenters. The first-order chi connectivity index (χ1) is 9.10. The molecule has 96 valence electrons. The molecule has 0 amide bonds. The van der Waals surface area contributed by atoms with Gasteiger partial charge in [-0.2, -0.15) is 0 Å². The number of esters is 1. The summed E-state index contributed by atoms with van der Waals surface area (Å²) in [4.78, 5) is 34.0. The van der Waals surface area contributed by atoms with Crippen LogP contribution >= 0.6 is 0 Å². The third kappa shape index (κ3) is 3.04. The molecule has 0 N–H and O–H groups in total. The van der Waals surface area contributed by atoms with Gasteiger partial charge < -0.3 is 4.74 Å². The largest absolute Gasteiger partial charge is 0.427 e. The van der Waals surface area contributed by atoms with E-state index < -0.39 is 0 Å². The van der Waals surface area contributed by atoms with Crippen molar-refractivity contribution in [2.75, 3.05) is 0 Å². The van der Waals surface area contributed by atoms with Crippen LogP contribution in [0, 0.1) is 0 Å². The predicted octanol–water partition coefficient (Wildman–Crippen LogP) is 2.09. The molecule has 0 aromatic heterocycles. The molecular weight excluding hydrogens is 244 g/mol. The Morgan fingerprint density at radius 3 is 2.42 bits per heavy atom. The van der Waals surface area contributed by atoms with Gasteiger partial charge in [0.15, 0.2) is 11.6 Å². The summed E-state index contributed by atoms with van der Waals surface area (Å²) in [6, 6.07) is 6.49. The van der Waals surface area contributed by atoms with E-state index in [1.54, 1.807) is 31.2 Å². The topological polar surface area (TPSA) is 60.4 Å². The van der Waals surface area contributed by atoms with Crippen molar-refractivity contribution in [1.82, 2.24) is 0 Å². The summed E-state index contributed by atoms with van der Waals surface area (Å²) in [6.07, 6.45) is 4.09. The molecule has 0 radical (unpaired) electrons. The highest BCUT2D eigenvalue weighted by Crippen LogP contribution is 2.22. The van der Waals surface area contributed by atoms with E-state index in [-0.39, 0.29) is 17.5 Å². The normalized spacial score (nSPS) is 14.3. The molecule has 0 saturated carbocycles. The Morgan fingerprint density at radius 1 is 1.11 bits per heavy atom. The average molecular weight is 256 g/mol. The molecule has 0 spiro atoms. The van der Waals surface area contributed by atoms with Crippen LogP contribution < -0.4 is 4.74 Å². The van der Waals surface area contributed by atoms with Crippen LogP contribution in [0.5, 0.6) is 5.75 Å². The van der Waals surface area contributed by atoms with Crippen LogP contribution in [-0.2, 0) is 14.4 Å². The van der Waals surface area contributed by atoms with E-state index >= 15 is 0 Å². The van der Waals surface area contributed by atoms with E-state index in [4.69, 9.17) is 4.74 Å². The molecule has 0 fully saturated rings. The van der Waals surface area contributed by atoms with E-state index in [9.17, 15) is 14.4 Å². The second kappa shape index (κ2) is 5.44. The number of allylic oxidation sites excluding steroid dienone is 4. The highest BCUT2D eigenvalue weighted by Gasteiger charge is 2.15. The van der Waals surface area contributed by atoms with E-state index in [1.807, 2.05) is 0 Å². The van der Waals surface area contributed by atoms with Crippen LogP contribution in [0.3, 0.4) is 0 Å². The maximum atomic E-state index is 11.7. The van der Waals surface area contributed by atoms with Gasteiger partial charge >= 0.3 is 5.97 Å². The molecule has 4 heteroatoms. The van der Waals surface area contributed by atoms with Gasteiger partial charge in [0.05, 0.1) is 0 Å². The van der Waals surface area contributed by atoms with Crippen LogP contribution in [0.15, 0.2) is 42.5 Å². The van der Waals surface area contributed by atoms with Crippen molar-refractivity contribution in [3.05, 3.63) is 48.1 Å². The lowest BCUT2D eigenvalue weighted by Gasteiger charge is -2.08. The number of ketones is 2. The first kappa shape index (κ1) is 13.0. The molecule has 0 aliphatic heterocycles. The van der Waals surface area contributed by atoms with E-state index in [2.05, 4.69) is 0 Å². The van der Waals surface area contributed by atoms with Crippen molar-refractivity contribution in [3.63, 3.8) is 0 Å². The molecule has 0 heterocycles. The van der Waals surface area contributed by atoms with Crippen molar-refractivity contribution in [2.24, 2.45) is 0 Å². The maximum absolute atomic E-state index is 11.7. The first-order valence-electron chi connectivity index (χ1n) is 5.89. The van der Waals surface area contributed by atoms with Crippen LogP contribution in [0.25, 0.3) is 5.57 Å². The standard InChI is InChI=1S/C15H12O4/c1-2-15(18)19-12-6-3-10(4-7-12)13-9-11(16)5-8-14(13)17/h3-9H,2H2,1H3. The number of hydrogen-bond acceptors (Lipinski definition) is 4. The van der Waals surface area contributed by atoms with Gasteiger partial charge in [-0.25, -0.2) is 0 Å². The molecule has 2 rings (SSSR count). The molecule has 19 heavy (non-hydrogen) atoms. The van der Waals surface area contributed by atoms with Crippen molar-refractivity contribution < 1.29 is 19.1 Å². The summed E-state index contributed by atoms with van der Waals surface area (Å²) in [5.74, 6) is -0.325. The van der Waals surface area contributed by atoms with Crippen LogP contribution in [-0.4, -0.2) is 17.5 Å². The lowest BCUT2D eigenvalue weighted by atomic mass is 9.96. The Balaban J connectivity index is 2.21. The summed E-state index contributed by atoms with van der Waals surface area (Å²) in [5.41, 5.74) is 0.972. The zero-order valence-electron chi connectivity index (χ0n) is 10.4. The molecule has 0 saturated heterocycles. The van der Waals surface area contributed by atoms with E-state index in [1.165, 1.54) is 18.2 Å². The minimum atomic E-state index is -0.321. The van der Waals surface area contributed by atoms with E-state index in [0.29, 0.717) is 23.3 Å². The van der Waals surface area contributed by atoms with Gasteiger partial charge in [-0.1, -0.05) is 19.1 Å². The molecule has 1 aliphatic carbocycles. The fourth-order valence-electron chi connectivity index (χ4n) is 1.64. The molecule has 1 aromatic carbocycles. The molecular formula is C15H12O4. The number of ether oxygens (including phenoxy) is 1. The number of carbonyl (C=O) groups is 3. The van der Waals surface area contributed by atoms with Gasteiger partial charge in [-0.3, -0.25) is 14.4 Å². The van der Waals surface area contributed by atoms with Gasteiger partial charge in [0.25, 0.3) is 0 Å². The zero-order valence-corrected chi connectivity index (χ0v) is 10.4. The molecule has 1 aliphatic rings. The Kier molecular flexibility index (Phi) is 3.71. The summed E-state index contributed by atoms with van der Waals surface area (Å²) in [6.45, 7) is 1.71. The van der Waals surface area contributed by atoms with Crippen LogP contribution in [0.1, 0.15) is 18.9 Å². The van der Waals surface area contributed by atoms with Crippen molar-refractivity contribution in [2.45, 2.75) is 13.3 Å². The van der Waals surface area contributed by atoms with Gasteiger partial charge in [0.1, 0.15) is 5.75 Å². The predicted molar refractivity (Wildman–Crippen MR) is 69.5 cm³/mol. The Hall–Kier alpha value is -2.49. The van der Waals surface area contributed by atoms with Gasteiger partial charge in [-0.05, 0) is 35.9 Å². The SMILES string of the molecule is CCC(=O)Oc1ccc(C2=CC(=O)C=CC2=O)cc1. The Morgan fingerprint density at radius 2 is 1.79 bits per heavy atom. The van der Waals surface area contributed by atoms with Gasteiger partial charge in [-0.15, -0.1) is 0 Å². The second-order valence-electron chi connectivity index (χ2n) is 4.01. The third-order valence-corrected chi connectivity index (χ3v) is 2.64. The fraction of sp³-hybridized carbons (Fsp3) is 0.133. The lowest BCUT2D eigenvalue weighted by molar-refractivity contribution is -0.134. The Bertz CT molecular complexity index is 591. The summed E-state index contributed by atoms with van der Waals surface area (Å²) >= 11 is 0. The number of carbonyl (C=O) groups excluding carboxylic acids is 3. The highest BCUT2D eigenvalue weighted by atomic mass is 16.5. The van der Waals surface area contributed by atoms with Crippen molar-refractivity contribution in [3.8, 4) is 5.75 Å². The van der Waals surface area contributed by atoms with Crippen LogP contribution in [0.4, 0.5) is 0 Å². The molecule has 4 nitrogen and oxygen atoms in total.